The van der Waals surface area contributed by atoms with Crippen molar-refractivity contribution in [1.29, 1.82) is 0 Å². The largest absolute Gasteiger partial charge is 0.351 e. The van der Waals surface area contributed by atoms with Crippen LogP contribution < -0.4 is 10.6 Å². The smallest absolute Gasteiger partial charge is 0.322 e. The molecule has 0 radical (unpaired) electrons. The summed E-state index contributed by atoms with van der Waals surface area (Å²) in [7, 11) is 0. The Hall–Kier alpha value is -2.41. The molecule has 0 atom stereocenters. The number of aromatic nitrogens is 1. The molecule has 0 unspecified atom stereocenters. The molecule has 146 valence electrons. The normalized spacial score (nSPS) is 10.5. The summed E-state index contributed by atoms with van der Waals surface area (Å²) in [5, 5.41) is 8.28. The van der Waals surface area contributed by atoms with Gasteiger partial charge in [-0.1, -0.05) is 32.9 Å². The number of hydrogen-bond donors (Lipinski definition) is 2. The second-order valence-corrected chi connectivity index (χ2v) is 7.23. The zero-order chi connectivity index (χ0) is 19.6. The van der Waals surface area contributed by atoms with E-state index in [2.05, 4.69) is 22.5 Å². The molecule has 2 N–H and O–H groups in total. The van der Waals surface area contributed by atoms with Crippen LogP contribution in [0.3, 0.4) is 0 Å². The average Bonchev–Trinajstić information content (AvgIpc) is 3.14. The maximum Gasteiger partial charge on any atom is 0.322 e. The van der Waals surface area contributed by atoms with E-state index in [9.17, 15) is 9.59 Å². The number of thiazole rings is 1. The van der Waals surface area contributed by atoms with Crippen LogP contribution in [0.25, 0.3) is 0 Å². The molecule has 3 amide bonds. The lowest BCUT2D eigenvalue weighted by molar-refractivity contribution is 0.0949. The number of urea groups is 1. The van der Waals surface area contributed by atoms with Crippen LogP contribution in [-0.2, 0) is 13.0 Å². The van der Waals surface area contributed by atoms with E-state index < -0.39 is 0 Å². The highest BCUT2D eigenvalue weighted by molar-refractivity contribution is 7.09. The second kappa shape index (κ2) is 10.7. The van der Waals surface area contributed by atoms with Crippen molar-refractivity contribution in [1.82, 2.24) is 15.2 Å². The van der Waals surface area contributed by atoms with E-state index in [0.717, 1.165) is 30.0 Å². The SMILES string of the molecule is CCCNC(=O)c1csc(CN(CCC)C(=O)Nc2cccc(CC)c2)n1. The van der Waals surface area contributed by atoms with Crippen LogP contribution in [0.1, 0.15) is 54.7 Å². The van der Waals surface area contributed by atoms with Crippen LogP contribution >= 0.6 is 11.3 Å². The summed E-state index contributed by atoms with van der Waals surface area (Å²) in [5.74, 6) is -0.165. The van der Waals surface area contributed by atoms with Gasteiger partial charge in [-0.2, -0.15) is 0 Å². The summed E-state index contributed by atoms with van der Waals surface area (Å²) in [6.07, 6.45) is 2.65. The molecular formula is C20H28N4O2S. The number of benzene rings is 1. The number of rotatable bonds is 9. The molecule has 0 aliphatic rings. The number of amides is 3. The molecule has 1 aromatic carbocycles. The summed E-state index contributed by atoms with van der Waals surface area (Å²) in [5.41, 5.74) is 2.38. The Bertz CT molecular complexity index is 760. The van der Waals surface area contributed by atoms with Gasteiger partial charge in [0, 0.05) is 24.2 Å². The number of aryl methyl sites for hydroxylation is 1. The average molecular weight is 389 g/mol. The van der Waals surface area contributed by atoms with Gasteiger partial charge in [-0.15, -0.1) is 11.3 Å². The number of nitrogens with zero attached hydrogens (tertiary/aromatic N) is 2. The van der Waals surface area contributed by atoms with Gasteiger partial charge in [0.15, 0.2) is 0 Å². The van der Waals surface area contributed by atoms with Gasteiger partial charge in [-0.3, -0.25) is 4.79 Å². The van der Waals surface area contributed by atoms with Gasteiger partial charge >= 0.3 is 6.03 Å². The van der Waals surface area contributed by atoms with Gasteiger partial charge in [0.05, 0.1) is 6.54 Å². The van der Waals surface area contributed by atoms with E-state index in [-0.39, 0.29) is 11.9 Å². The molecule has 0 bridgehead atoms. The molecule has 0 saturated heterocycles. The number of anilines is 1. The van der Waals surface area contributed by atoms with Crippen LogP contribution in [0.2, 0.25) is 0 Å². The molecule has 0 aliphatic carbocycles. The standard InChI is InChI=1S/C20H28N4O2S/c1-4-10-21-19(25)17-14-27-18(23-17)13-24(11-5-2)20(26)22-16-9-7-8-15(6-3)12-16/h7-9,12,14H,4-6,10-11,13H2,1-3H3,(H,21,25)(H,22,26). The Balaban J connectivity index is 2.02. The maximum absolute atomic E-state index is 12.7. The van der Waals surface area contributed by atoms with Crippen molar-refractivity contribution in [3.63, 3.8) is 0 Å². The van der Waals surface area contributed by atoms with E-state index in [4.69, 9.17) is 0 Å². The second-order valence-electron chi connectivity index (χ2n) is 6.29. The van der Waals surface area contributed by atoms with Crippen molar-refractivity contribution in [3.8, 4) is 0 Å². The van der Waals surface area contributed by atoms with Crippen LogP contribution in [0, 0.1) is 0 Å². The zero-order valence-corrected chi connectivity index (χ0v) is 17.1. The van der Waals surface area contributed by atoms with Crippen LogP contribution in [0.4, 0.5) is 10.5 Å². The van der Waals surface area contributed by atoms with Crippen molar-refractivity contribution in [2.75, 3.05) is 18.4 Å². The zero-order valence-electron chi connectivity index (χ0n) is 16.2. The van der Waals surface area contributed by atoms with Gasteiger partial charge in [0.25, 0.3) is 5.91 Å². The lowest BCUT2D eigenvalue weighted by Gasteiger charge is -2.21. The molecule has 6 nitrogen and oxygen atoms in total. The minimum atomic E-state index is -0.165. The Kier molecular flexibility index (Phi) is 8.26. The van der Waals surface area contributed by atoms with Gasteiger partial charge < -0.3 is 15.5 Å². The van der Waals surface area contributed by atoms with E-state index in [0.29, 0.717) is 25.3 Å². The van der Waals surface area contributed by atoms with Crippen LogP contribution in [-0.4, -0.2) is 34.9 Å². The van der Waals surface area contributed by atoms with E-state index in [1.807, 2.05) is 38.1 Å². The third-order valence-electron chi connectivity index (χ3n) is 4.01. The minimum absolute atomic E-state index is 0.155. The number of carbonyl (C=O) groups is 2. The van der Waals surface area contributed by atoms with Crippen molar-refractivity contribution in [2.45, 2.75) is 46.6 Å². The molecule has 0 spiro atoms. The predicted molar refractivity (Wildman–Crippen MR) is 110 cm³/mol. The molecular weight excluding hydrogens is 360 g/mol. The lowest BCUT2D eigenvalue weighted by atomic mass is 10.1. The maximum atomic E-state index is 12.7. The third-order valence-corrected chi connectivity index (χ3v) is 4.85. The Morgan fingerprint density at radius 3 is 2.70 bits per heavy atom. The first-order valence-corrected chi connectivity index (χ1v) is 10.3. The molecule has 1 aromatic heterocycles. The first-order valence-electron chi connectivity index (χ1n) is 9.44. The number of hydrogen-bond acceptors (Lipinski definition) is 4. The summed E-state index contributed by atoms with van der Waals surface area (Å²) in [6.45, 7) is 7.76. The monoisotopic (exact) mass is 388 g/mol. The molecule has 7 heteroatoms. The summed E-state index contributed by atoms with van der Waals surface area (Å²) < 4.78 is 0. The minimum Gasteiger partial charge on any atom is -0.351 e. The van der Waals surface area contributed by atoms with Crippen LogP contribution in [0.5, 0.6) is 0 Å². The third kappa shape index (κ3) is 6.36. The first-order chi connectivity index (χ1) is 13.1. The Labute approximate surface area is 165 Å². The molecule has 27 heavy (non-hydrogen) atoms. The van der Waals surface area contributed by atoms with Gasteiger partial charge in [-0.25, -0.2) is 9.78 Å². The van der Waals surface area contributed by atoms with Crippen molar-refractivity contribution < 1.29 is 9.59 Å². The molecule has 2 rings (SSSR count). The fourth-order valence-corrected chi connectivity index (χ4v) is 3.36. The number of carbonyl (C=O) groups excluding carboxylic acids is 2. The molecule has 1 heterocycles. The number of nitrogens with one attached hydrogen (secondary N) is 2. The fraction of sp³-hybridized carbons (Fsp3) is 0.450. The predicted octanol–water partition coefficient (Wildman–Crippen LogP) is 4.29. The summed E-state index contributed by atoms with van der Waals surface area (Å²) >= 11 is 1.40. The molecule has 2 aromatic rings. The Morgan fingerprint density at radius 2 is 2.00 bits per heavy atom. The topological polar surface area (TPSA) is 74.3 Å². The van der Waals surface area contributed by atoms with E-state index in [1.165, 1.54) is 16.9 Å². The van der Waals surface area contributed by atoms with Crippen molar-refractivity contribution in [2.24, 2.45) is 0 Å². The quantitative estimate of drug-likeness (QED) is 0.673. The van der Waals surface area contributed by atoms with Gasteiger partial charge in [-0.05, 0) is 37.0 Å². The first kappa shape index (κ1) is 20.9. The highest BCUT2D eigenvalue weighted by atomic mass is 32.1. The van der Waals surface area contributed by atoms with Crippen molar-refractivity contribution >= 4 is 29.0 Å². The Morgan fingerprint density at radius 1 is 1.19 bits per heavy atom. The van der Waals surface area contributed by atoms with Gasteiger partial charge in [0.1, 0.15) is 10.7 Å². The van der Waals surface area contributed by atoms with E-state index >= 15 is 0 Å². The van der Waals surface area contributed by atoms with E-state index in [1.54, 1.807) is 10.3 Å². The molecule has 0 saturated carbocycles. The molecule has 0 aliphatic heterocycles. The fourth-order valence-electron chi connectivity index (χ4n) is 2.57. The highest BCUT2D eigenvalue weighted by Gasteiger charge is 2.17. The lowest BCUT2D eigenvalue weighted by Crippen LogP contribution is -2.35. The highest BCUT2D eigenvalue weighted by Crippen LogP contribution is 2.16. The van der Waals surface area contributed by atoms with Crippen molar-refractivity contribution in [3.05, 3.63) is 45.9 Å². The summed E-state index contributed by atoms with van der Waals surface area (Å²) in [6, 6.07) is 7.71. The summed E-state index contributed by atoms with van der Waals surface area (Å²) in [4.78, 5) is 30.8. The van der Waals surface area contributed by atoms with Crippen LogP contribution in [0.15, 0.2) is 29.6 Å². The van der Waals surface area contributed by atoms with Gasteiger partial charge in [0.2, 0.25) is 0 Å². The molecule has 0 fully saturated rings.